The highest BCUT2D eigenvalue weighted by Gasteiger charge is 2.67. The van der Waals surface area contributed by atoms with Crippen LogP contribution < -0.4 is 14.3 Å². The van der Waals surface area contributed by atoms with Crippen molar-refractivity contribution in [2.24, 2.45) is 0 Å². The zero-order valence-electron chi connectivity index (χ0n) is 32.6. The van der Waals surface area contributed by atoms with E-state index in [1.54, 1.807) is 0 Å². The summed E-state index contributed by atoms with van der Waals surface area (Å²) in [6.45, 7) is 16.8. The van der Waals surface area contributed by atoms with E-state index in [1.165, 1.54) is 60.5 Å². The molecule has 9 aromatic rings. The second-order valence-corrected chi connectivity index (χ2v) is 22.4. The average molecular weight is 732 g/mol. The Labute approximate surface area is 322 Å². The molecule has 0 saturated carbocycles. The molecule has 268 valence electrons. The lowest BCUT2D eigenvalue weighted by Gasteiger charge is -2.25. The van der Waals surface area contributed by atoms with Gasteiger partial charge in [0.2, 0.25) is 5.69 Å². The maximum atomic E-state index is 7.07. The van der Waals surface area contributed by atoms with Crippen LogP contribution in [0.3, 0.4) is 0 Å². The first-order valence-electron chi connectivity index (χ1n) is 19.8. The van der Waals surface area contributed by atoms with Crippen molar-refractivity contribution in [1.82, 2.24) is 4.57 Å². The van der Waals surface area contributed by atoms with Crippen LogP contribution in [0.25, 0.3) is 72.1 Å². The van der Waals surface area contributed by atoms with Gasteiger partial charge in [-0.2, -0.15) is 4.57 Å². The molecule has 1 unspecified atom stereocenters. The molecule has 1 spiro atoms. The molecule has 55 heavy (non-hydrogen) atoms. The molecule has 0 saturated heterocycles. The highest BCUT2D eigenvalue weighted by atomic mass is 28.3. The van der Waals surface area contributed by atoms with Gasteiger partial charge in [0.1, 0.15) is 16.8 Å². The second-order valence-electron chi connectivity index (χ2n) is 17.4. The van der Waals surface area contributed by atoms with Gasteiger partial charge in [0.25, 0.3) is 0 Å². The fourth-order valence-corrected chi connectivity index (χ4v) is 11.7. The Hall–Kier alpha value is -5.78. The van der Waals surface area contributed by atoms with E-state index < -0.39 is 13.7 Å². The van der Waals surface area contributed by atoms with Gasteiger partial charge in [0, 0.05) is 27.4 Å². The molecule has 6 aromatic carbocycles. The Morgan fingerprint density at radius 2 is 1.42 bits per heavy atom. The molecule has 11 rings (SSSR count). The van der Waals surface area contributed by atoms with Crippen molar-refractivity contribution in [3.63, 3.8) is 0 Å². The van der Waals surface area contributed by atoms with Gasteiger partial charge in [-0.3, -0.25) is 0 Å². The Morgan fingerprint density at radius 3 is 2.22 bits per heavy atom. The van der Waals surface area contributed by atoms with Crippen molar-refractivity contribution in [2.75, 3.05) is 0 Å². The van der Waals surface area contributed by atoms with Crippen LogP contribution in [0.15, 0.2) is 138 Å². The first-order valence-corrected chi connectivity index (χ1v) is 23.3. The molecule has 5 heteroatoms. The number of imidazole rings is 1. The number of pyridine rings is 1. The molecule has 0 bridgehead atoms. The van der Waals surface area contributed by atoms with Gasteiger partial charge in [-0.1, -0.05) is 120 Å². The second kappa shape index (κ2) is 11.1. The summed E-state index contributed by atoms with van der Waals surface area (Å²) < 4.78 is 15.0. The predicted molar refractivity (Wildman–Crippen MR) is 228 cm³/mol. The third kappa shape index (κ3) is 4.17. The van der Waals surface area contributed by atoms with Crippen molar-refractivity contribution in [2.45, 2.75) is 64.8 Å². The summed E-state index contributed by atoms with van der Waals surface area (Å²) in [7, 11) is -1.82. The van der Waals surface area contributed by atoms with Crippen molar-refractivity contribution in [1.29, 1.82) is 0 Å². The number of hydrogen-bond acceptors (Lipinski definition) is 1. The largest absolute Gasteiger partial charge is 0.455 e. The molecule has 5 heterocycles. The smallest absolute Gasteiger partial charge is 0.364 e. The summed E-state index contributed by atoms with van der Waals surface area (Å²) in [5.74, 6) is 1.92. The lowest BCUT2D eigenvalue weighted by atomic mass is 9.86. The standard InChI is InChI=1S/C50H45N3OSi/c1-30(2)33-23-24-37-40(27-33)50(51-29-46(55(5,6)7)38(31(3)4)28-44(37)51)39-26-25-36-35-18-10-13-22-45(35)54-48(36)47(39)49-52(42-19-11-12-20-43(42)53(49)50)41-21-14-16-32-15-8-9-17-34(32)41/h8-31H,1-7H3/q+2. The van der Waals surface area contributed by atoms with Crippen LogP contribution in [0.1, 0.15) is 61.8 Å². The van der Waals surface area contributed by atoms with Gasteiger partial charge in [-0.05, 0) is 76.9 Å². The highest BCUT2D eigenvalue weighted by Crippen LogP contribution is 2.53. The number of hydrogen-bond donors (Lipinski definition) is 0. The van der Waals surface area contributed by atoms with Gasteiger partial charge < -0.3 is 4.42 Å². The first kappa shape index (κ1) is 32.6. The Bertz CT molecular complexity index is 3100. The minimum Gasteiger partial charge on any atom is -0.455 e. The molecule has 3 aromatic heterocycles. The summed E-state index contributed by atoms with van der Waals surface area (Å²) in [6.07, 6.45) is 2.57. The third-order valence-corrected chi connectivity index (χ3v) is 14.6. The summed E-state index contributed by atoms with van der Waals surface area (Å²) in [4.78, 5) is 0. The molecule has 2 aliphatic heterocycles. The number of aromatic nitrogens is 3. The van der Waals surface area contributed by atoms with Crippen molar-refractivity contribution in [3.05, 3.63) is 156 Å². The lowest BCUT2D eigenvalue weighted by molar-refractivity contribution is -0.944. The van der Waals surface area contributed by atoms with E-state index in [0.29, 0.717) is 11.8 Å². The zero-order valence-corrected chi connectivity index (χ0v) is 33.6. The molecule has 0 N–H and O–H groups in total. The van der Waals surface area contributed by atoms with Crippen LogP contribution >= 0.6 is 0 Å². The van der Waals surface area contributed by atoms with E-state index in [-0.39, 0.29) is 0 Å². The van der Waals surface area contributed by atoms with E-state index in [9.17, 15) is 0 Å². The number of benzene rings is 6. The molecule has 0 aliphatic carbocycles. The molecule has 4 nitrogen and oxygen atoms in total. The Balaban J connectivity index is 1.42. The van der Waals surface area contributed by atoms with E-state index in [1.807, 2.05) is 0 Å². The maximum Gasteiger partial charge on any atom is 0.364 e. The summed E-state index contributed by atoms with van der Waals surface area (Å²) >= 11 is 0. The third-order valence-electron chi connectivity index (χ3n) is 12.5. The maximum absolute atomic E-state index is 7.07. The lowest BCUT2D eigenvalue weighted by Crippen LogP contribution is -2.72. The summed E-state index contributed by atoms with van der Waals surface area (Å²) in [5.41, 5.74) is 13.8. The van der Waals surface area contributed by atoms with E-state index >= 15 is 0 Å². The van der Waals surface area contributed by atoms with Crippen LogP contribution in [-0.4, -0.2) is 12.6 Å². The van der Waals surface area contributed by atoms with Gasteiger partial charge in [0.15, 0.2) is 22.8 Å². The predicted octanol–water partition coefficient (Wildman–Crippen LogP) is 11.3. The fraction of sp³-hybridized carbons (Fsp3) is 0.200. The normalized spacial score (nSPS) is 15.9. The van der Waals surface area contributed by atoms with Gasteiger partial charge in [-0.15, -0.1) is 9.13 Å². The van der Waals surface area contributed by atoms with Crippen LogP contribution in [0.5, 0.6) is 0 Å². The minimum absolute atomic E-state index is 0.375. The van der Waals surface area contributed by atoms with Crippen LogP contribution in [-0.2, 0) is 5.66 Å². The minimum atomic E-state index is -1.82. The number of nitrogens with zero attached hydrogens (tertiary/aromatic N) is 3. The average Bonchev–Trinajstić information content (AvgIpc) is 3.89. The monoisotopic (exact) mass is 731 g/mol. The van der Waals surface area contributed by atoms with Crippen LogP contribution in [0.4, 0.5) is 0 Å². The molecular formula is C50H45N3OSi+2. The van der Waals surface area contributed by atoms with Crippen LogP contribution in [0, 0.1) is 0 Å². The van der Waals surface area contributed by atoms with Gasteiger partial charge in [-0.25, -0.2) is 0 Å². The van der Waals surface area contributed by atoms with Crippen molar-refractivity contribution in [3.8, 4) is 28.3 Å². The molecule has 1 atom stereocenters. The SMILES string of the molecule is CC(C)c1ccc2c(c1)C1(c3ccc4c(oc5ccccc54)c3-c3n(-c4cccc5ccccc45)c4ccccc4[n+]31)[n+]1cc([Si](C)(C)C)c(C(C)C)cc1-2. The fourth-order valence-electron chi connectivity index (χ4n) is 10.0. The Morgan fingerprint density at radius 1 is 0.673 bits per heavy atom. The van der Waals surface area contributed by atoms with E-state index in [0.717, 1.165) is 39.0 Å². The number of furan rings is 1. The van der Waals surface area contributed by atoms with Gasteiger partial charge >= 0.3 is 11.5 Å². The molecule has 0 amide bonds. The number of rotatable bonds is 4. The molecule has 2 aliphatic rings. The van der Waals surface area contributed by atoms with Crippen LogP contribution in [0.2, 0.25) is 19.6 Å². The topological polar surface area (TPSA) is 25.8 Å². The summed E-state index contributed by atoms with van der Waals surface area (Å²) in [6, 6.07) is 47.6. The number of para-hydroxylation sites is 3. The quantitative estimate of drug-likeness (QED) is 0.131. The molecule has 0 radical (unpaired) electrons. The Kier molecular flexibility index (Phi) is 6.61. The van der Waals surface area contributed by atoms with Gasteiger partial charge in [0.05, 0.1) is 24.8 Å². The summed E-state index contributed by atoms with van der Waals surface area (Å²) in [5, 5.41) is 6.24. The molecule has 0 fully saturated rings. The first-order chi connectivity index (χ1) is 26.6. The van der Waals surface area contributed by atoms with E-state index in [4.69, 9.17) is 4.42 Å². The molecular weight excluding hydrogens is 687 g/mol. The highest BCUT2D eigenvalue weighted by molar-refractivity contribution is 6.89. The van der Waals surface area contributed by atoms with E-state index in [2.05, 4.69) is 195 Å². The number of fused-ring (bicyclic) bond motifs is 17. The zero-order chi connectivity index (χ0) is 37.5. The van der Waals surface area contributed by atoms with Crippen molar-refractivity contribution >= 4 is 57.0 Å². The van der Waals surface area contributed by atoms with Crippen molar-refractivity contribution < 1.29 is 13.6 Å².